The van der Waals surface area contributed by atoms with Crippen LogP contribution >= 0.6 is 0 Å². The van der Waals surface area contributed by atoms with Crippen molar-refractivity contribution in [2.24, 2.45) is 5.92 Å². The predicted octanol–water partition coefficient (Wildman–Crippen LogP) is 2.45. The highest BCUT2D eigenvalue weighted by molar-refractivity contribution is 5.98. The van der Waals surface area contributed by atoms with Gasteiger partial charge in [-0.25, -0.2) is 0 Å². The van der Waals surface area contributed by atoms with Crippen LogP contribution in [-0.2, 0) is 0 Å². The van der Waals surface area contributed by atoms with Gasteiger partial charge in [0.1, 0.15) is 5.75 Å². The number of Topliss-reactive ketones (excluding diaryl/α,β-unsaturated/α-hetero) is 1. The average molecular weight is 291 g/mol. The van der Waals surface area contributed by atoms with E-state index < -0.39 is 0 Å². The van der Waals surface area contributed by atoms with Gasteiger partial charge in [-0.05, 0) is 76.0 Å². The number of unbranched alkanes of at least 4 members (excludes halogenated alkanes) is 2. The van der Waals surface area contributed by atoms with Crippen molar-refractivity contribution in [1.82, 2.24) is 4.90 Å². The van der Waals surface area contributed by atoms with Crippen molar-refractivity contribution in [2.45, 2.75) is 32.1 Å². The van der Waals surface area contributed by atoms with E-state index in [2.05, 4.69) is 4.90 Å². The first-order chi connectivity index (χ1) is 10.2. The minimum atomic E-state index is 0.114. The standard InChI is InChI=1S/C17H25NO3/c19-13-3-1-2-10-18-11-8-15(9-12-18)17(21)14-4-6-16(20)7-5-14/h4-7,15,19-20H,1-3,8-13H2. The largest absolute Gasteiger partial charge is 0.508 e. The number of phenols is 1. The first-order valence-corrected chi connectivity index (χ1v) is 7.87. The number of benzene rings is 1. The zero-order valence-corrected chi connectivity index (χ0v) is 12.5. The summed E-state index contributed by atoms with van der Waals surface area (Å²) in [5.74, 6) is 0.516. The summed E-state index contributed by atoms with van der Waals surface area (Å²) < 4.78 is 0. The number of aliphatic hydroxyl groups excluding tert-OH is 1. The molecule has 1 fully saturated rings. The molecule has 2 rings (SSSR count). The lowest BCUT2D eigenvalue weighted by Crippen LogP contribution is -2.36. The molecular formula is C17H25NO3. The summed E-state index contributed by atoms with van der Waals surface area (Å²) in [5, 5.41) is 18.0. The van der Waals surface area contributed by atoms with Gasteiger partial charge in [0, 0.05) is 18.1 Å². The summed E-state index contributed by atoms with van der Waals surface area (Å²) in [6.45, 7) is 3.31. The Balaban J connectivity index is 1.75. The second-order valence-electron chi connectivity index (χ2n) is 5.81. The van der Waals surface area contributed by atoms with E-state index in [1.165, 1.54) is 0 Å². The molecule has 1 aromatic rings. The van der Waals surface area contributed by atoms with Crippen molar-refractivity contribution in [3.63, 3.8) is 0 Å². The Morgan fingerprint density at radius 3 is 2.38 bits per heavy atom. The van der Waals surface area contributed by atoms with Gasteiger partial charge in [-0.1, -0.05) is 0 Å². The van der Waals surface area contributed by atoms with Crippen LogP contribution in [0.4, 0.5) is 0 Å². The first kappa shape index (κ1) is 16.0. The number of aromatic hydroxyl groups is 1. The molecule has 0 bridgehead atoms. The Morgan fingerprint density at radius 2 is 1.76 bits per heavy atom. The SMILES string of the molecule is O=C(c1ccc(O)cc1)C1CCN(CCCCCO)CC1. The van der Waals surface area contributed by atoms with E-state index in [1.54, 1.807) is 24.3 Å². The normalized spacial score (nSPS) is 17.0. The molecule has 4 nitrogen and oxygen atoms in total. The highest BCUT2D eigenvalue weighted by atomic mass is 16.3. The summed E-state index contributed by atoms with van der Waals surface area (Å²) in [6.07, 6.45) is 4.91. The molecule has 116 valence electrons. The monoisotopic (exact) mass is 291 g/mol. The molecule has 1 saturated heterocycles. The molecule has 0 amide bonds. The highest BCUT2D eigenvalue weighted by Crippen LogP contribution is 2.23. The van der Waals surface area contributed by atoms with E-state index >= 15 is 0 Å². The molecule has 0 aromatic heterocycles. The van der Waals surface area contributed by atoms with Gasteiger partial charge in [0.15, 0.2) is 5.78 Å². The third kappa shape index (κ3) is 4.83. The second-order valence-corrected chi connectivity index (χ2v) is 5.81. The van der Waals surface area contributed by atoms with Crippen molar-refractivity contribution in [3.8, 4) is 5.75 Å². The maximum Gasteiger partial charge on any atom is 0.166 e. The van der Waals surface area contributed by atoms with Crippen LogP contribution in [0.15, 0.2) is 24.3 Å². The van der Waals surface area contributed by atoms with Gasteiger partial charge in [-0.15, -0.1) is 0 Å². The van der Waals surface area contributed by atoms with Crippen LogP contribution in [0.3, 0.4) is 0 Å². The highest BCUT2D eigenvalue weighted by Gasteiger charge is 2.25. The van der Waals surface area contributed by atoms with Gasteiger partial charge in [-0.3, -0.25) is 4.79 Å². The molecular weight excluding hydrogens is 266 g/mol. The maximum atomic E-state index is 12.4. The zero-order valence-electron chi connectivity index (χ0n) is 12.5. The topological polar surface area (TPSA) is 60.8 Å². The van der Waals surface area contributed by atoms with Crippen molar-refractivity contribution >= 4 is 5.78 Å². The number of hydrogen-bond donors (Lipinski definition) is 2. The molecule has 0 radical (unpaired) electrons. The van der Waals surface area contributed by atoms with Crippen molar-refractivity contribution in [3.05, 3.63) is 29.8 Å². The van der Waals surface area contributed by atoms with Crippen molar-refractivity contribution in [2.75, 3.05) is 26.2 Å². The number of ketones is 1. The molecule has 21 heavy (non-hydrogen) atoms. The van der Waals surface area contributed by atoms with E-state index in [1.807, 2.05) is 0 Å². The summed E-state index contributed by atoms with van der Waals surface area (Å²) in [5.41, 5.74) is 0.703. The van der Waals surface area contributed by atoms with Gasteiger partial charge in [0.05, 0.1) is 0 Å². The zero-order chi connectivity index (χ0) is 15.1. The van der Waals surface area contributed by atoms with Gasteiger partial charge in [-0.2, -0.15) is 0 Å². The van der Waals surface area contributed by atoms with Crippen LogP contribution in [0, 0.1) is 5.92 Å². The molecule has 0 spiro atoms. The van der Waals surface area contributed by atoms with Crippen LogP contribution in [0.25, 0.3) is 0 Å². The van der Waals surface area contributed by atoms with Crippen LogP contribution in [-0.4, -0.2) is 47.1 Å². The average Bonchev–Trinajstić information content (AvgIpc) is 2.52. The Kier molecular flexibility index (Phi) is 6.21. The van der Waals surface area contributed by atoms with Gasteiger partial charge >= 0.3 is 0 Å². The number of hydrogen-bond acceptors (Lipinski definition) is 4. The fourth-order valence-electron chi connectivity index (χ4n) is 2.90. The molecule has 0 unspecified atom stereocenters. The van der Waals surface area contributed by atoms with Crippen LogP contribution < -0.4 is 0 Å². The van der Waals surface area contributed by atoms with Gasteiger partial charge in [0.2, 0.25) is 0 Å². The molecule has 1 aliphatic heterocycles. The first-order valence-electron chi connectivity index (χ1n) is 7.87. The minimum Gasteiger partial charge on any atom is -0.508 e. The fourth-order valence-corrected chi connectivity index (χ4v) is 2.90. The lowest BCUT2D eigenvalue weighted by molar-refractivity contribution is 0.0838. The third-order valence-electron chi connectivity index (χ3n) is 4.24. The summed E-state index contributed by atoms with van der Waals surface area (Å²) in [7, 11) is 0. The number of likely N-dealkylation sites (tertiary alicyclic amines) is 1. The van der Waals surface area contributed by atoms with Gasteiger partial charge < -0.3 is 15.1 Å². The number of aliphatic hydroxyl groups is 1. The summed E-state index contributed by atoms with van der Waals surface area (Å²) in [4.78, 5) is 14.8. The molecule has 1 aliphatic rings. The molecule has 2 N–H and O–H groups in total. The van der Waals surface area contributed by atoms with E-state index in [9.17, 15) is 9.90 Å². The maximum absolute atomic E-state index is 12.4. The molecule has 4 heteroatoms. The van der Waals surface area contributed by atoms with Crippen LogP contribution in [0.2, 0.25) is 0 Å². The van der Waals surface area contributed by atoms with E-state index in [0.29, 0.717) is 5.56 Å². The Bertz CT molecular complexity index is 436. The van der Waals surface area contributed by atoms with Crippen molar-refractivity contribution in [1.29, 1.82) is 0 Å². The number of nitrogens with zero attached hydrogens (tertiary/aromatic N) is 1. The molecule has 1 heterocycles. The Morgan fingerprint density at radius 1 is 1.10 bits per heavy atom. The molecule has 1 aromatic carbocycles. The van der Waals surface area contributed by atoms with Crippen molar-refractivity contribution < 1.29 is 15.0 Å². The Labute approximate surface area is 126 Å². The van der Waals surface area contributed by atoms with E-state index in [4.69, 9.17) is 5.11 Å². The number of phenolic OH excluding ortho intramolecular Hbond substituents is 1. The van der Waals surface area contributed by atoms with Crippen LogP contribution in [0.1, 0.15) is 42.5 Å². The number of carbonyl (C=O) groups is 1. The van der Waals surface area contributed by atoms with Gasteiger partial charge in [0.25, 0.3) is 0 Å². The van der Waals surface area contributed by atoms with E-state index in [0.717, 1.165) is 51.7 Å². The molecule has 0 atom stereocenters. The second kappa shape index (κ2) is 8.15. The third-order valence-corrected chi connectivity index (χ3v) is 4.24. The Hall–Kier alpha value is -1.39. The number of carbonyl (C=O) groups excluding carboxylic acids is 1. The van der Waals surface area contributed by atoms with Crippen LogP contribution in [0.5, 0.6) is 5.75 Å². The fraction of sp³-hybridized carbons (Fsp3) is 0.588. The number of rotatable bonds is 7. The minimum absolute atomic E-state index is 0.114. The van der Waals surface area contributed by atoms with E-state index in [-0.39, 0.29) is 24.1 Å². The molecule has 0 saturated carbocycles. The lowest BCUT2D eigenvalue weighted by Gasteiger charge is -2.31. The quantitative estimate of drug-likeness (QED) is 0.598. The number of piperidine rings is 1. The predicted molar refractivity (Wildman–Crippen MR) is 82.5 cm³/mol. The smallest absolute Gasteiger partial charge is 0.166 e. The lowest BCUT2D eigenvalue weighted by atomic mass is 9.89. The molecule has 0 aliphatic carbocycles. The summed E-state index contributed by atoms with van der Waals surface area (Å²) in [6, 6.07) is 6.56. The summed E-state index contributed by atoms with van der Waals surface area (Å²) >= 11 is 0.